The molecule has 7 nitrogen and oxygen atoms in total. The van der Waals surface area contributed by atoms with Gasteiger partial charge in [-0.1, -0.05) is 0 Å². The van der Waals surface area contributed by atoms with Crippen molar-refractivity contribution < 1.29 is 23.9 Å². The number of anilines is 1. The molecule has 2 amide bonds. The standard InChI is InChI=1S/C20H26N2O5/c1-20(2,3)27-18(24)21-11-15-12-22(19(25)26-15)14-8-9-16-13(10-14)6-4-5-7-17(16)23/h8-10,15H,4-7,11-12H2,1-3H3,(H,21,24)/t15-/m0/s1. The van der Waals surface area contributed by atoms with Crippen molar-refractivity contribution in [2.75, 3.05) is 18.0 Å². The van der Waals surface area contributed by atoms with Crippen molar-refractivity contribution in [1.82, 2.24) is 5.32 Å². The summed E-state index contributed by atoms with van der Waals surface area (Å²) >= 11 is 0. The van der Waals surface area contributed by atoms with E-state index in [2.05, 4.69) is 5.32 Å². The van der Waals surface area contributed by atoms with Crippen LogP contribution < -0.4 is 10.2 Å². The van der Waals surface area contributed by atoms with Gasteiger partial charge in [-0.05, 0) is 63.8 Å². The molecule has 1 aromatic carbocycles. The fourth-order valence-corrected chi connectivity index (χ4v) is 3.31. The minimum absolute atomic E-state index is 0.164. The lowest BCUT2D eigenvalue weighted by Crippen LogP contribution is -2.38. The van der Waals surface area contributed by atoms with Crippen molar-refractivity contribution in [3.05, 3.63) is 29.3 Å². The summed E-state index contributed by atoms with van der Waals surface area (Å²) in [6.07, 6.45) is 1.83. The summed E-state index contributed by atoms with van der Waals surface area (Å²) in [7, 11) is 0. The first kappa shape index (κ1) is 19.2. The van der Waals surface area contributed by atoms with Gasteiger partial charge >= 0.3 is 12.2 Å². The number of nitrogens with zero attached hydrogens (tertiary/aromatic N) is 1. The quantitative estimate of drug-likeness (QED) is 0.819. The number of rotatable bonds is 3. The molecule has 2 aliphatic rings. The summed E-state index contributed by atoms with van der Waals surface area (Å²) < 4.78 is 10.5. The lowest BCUT2D eigenvalue weighted by molar-refractivity contribution is 0.0496. The van der Waals surface area contributed by atoms with Gasteiger partial charge in [-0.2, -0.15) is 0 Å². The largest absolute Gasteiger partial charge is 0.444 e. The summed E-state index contributed by atoms with van der Waals surface area (Å²) in [6.45, 7) is 5.87. The number of carbonyl (C=O) groups excluding carboxylic acids is 3. The molecule has 27 heavy (non-hydrogen) atoms. The second-order valence-corrected chi connectivity index (χ2v) is 7.97. The molecule has 1 atom stereocenters. The molecule has 1 fully saturated rings. The maximum atomic E-state index is 12.3. The summed E-state index contributed by atoms with van der Waals surface area (Å²) in [5, 5.41) is 2.63. The highest BCUT2D eigenvalue weighted by molar-refractivity contribution is 5.99. The Labute approximate surface area is 159 Å². The molecule has 146 valence electrons. The van der Waals surface area contributed by atoms with Gasteiger partial charge in [0.1, 0.15) is 11.7 Å². The van der Waals surface area contributed by atoms with E-state index in [0.717, 1.165) is 30.4 Å². The highest BCUT2D eigenvalue weighted by Gasteiger charge is 2.33. The van der Waals surface area contributed by atoms with Crippen LogP contribution in [0.4, 0.5) is 15.3 Å². The van der Waals surface area contributed by atoms with E-state index in [1.807, 2.05) is 6.07 Å². The number of hydrogen-bond donors (Lipinski definition) is 1. The van der Waals surface area contributed by atoms with Crippen LogP contribution in [0.15, 0.2) is 18.2 Å². The van der Waals surface area contributed by atoms with Crippen molar-refractivity contribution in [2.24, 2.45) is 0 Å². The van der Waals surface area contributed by atoms with Crippen LogP contribution in [0.3, 0.4) is 0 Å². The zero-order valence-corrected chi connectivity index (χ0v) is 16.0. The average molecular weight is 374 g/mol. The van der Waals surface area contributed by atoms with Gasteiger partial charge < -0.3 is 14.8 Å². The van der Waals surface area contributed by atoms with Crippen LogP contribution in [0.25, 0.3) is 0 Å². The fourth-order valence-electron chi connectivity index (χ4n) is 3.31. The minimum atomic E-state index is -0.582. The molecule has 1 heterocycles. The lowest BCUT2D eigenvalue weighted by Gasteiger charge is -2.20. The van der Waals surface area contributed by atoms with Crippen molar-refractivity contribution in [3.63, 3.8) is 0 Å². The Bertz CT molecular complexity index is 753. The first-order chi connectivity index (χ1) is 12.7. The third kappa shape index (κ3) is 4.78. The number of aryl methyl sites for hydroxylation is 1. The highest BCUT2D eigenvalue weighted by Crippen LogP contribution is 2.28. The van der Waals surface area contributed by atoms with Gasteiger partial charge in [-0.15, -0.1) is 0 Å². The molecule has 1 aliphatic carbocycles. The maximum absolute atomic E-state index is 12.3. The molecule has 0 saturated carbocycles. The van der Waals surface area contributed by atoms with E-state index < -0.39 is 23.9 Å². The minimum Gasteiger partial charge on any atom is -0.444 e. The molecule has 0 spiro atoms. The molecule has 0 bridgehead atoms. The van der Waals surface area contributed by atoms with Crippen molar-refractivity contribution in [1.29, 1.82) is 0 Å². The van der Waals surface area contributed by atoms with E-state index in [4.69, 9.17) is 9.47 Å². The normalized spacial score (nSPS) is 20.0. The highest BCUT2D eigenvalue weighted by atomic mass is 16.6. The number of benzene rings is 1. The predicted octanol–water partition coefficient (Wildman–Crippen LogP) is 3.45. The van der Waals surface area contributed by atoms with Crippen LogP contribution in [0.5, 0.6) is 0 Å². The lowest BCUT2D eigenvalue weighted by atomic mass is 10.0. The number of Topliss-reactive ketones (excluding diaryl/α,β-unsaturated/α-hetero) is 1. The molecule has 1 saturated heterocycles. The SMILES string of the molecule is CC(C)(C)OC(=O)NC[C@H]1CN(c2ccc3c(c2)CCCCC3=O)C(=O)O1. The average Bonchev–Trinajstić information content (AvgIpc) is 2.85. The molecule has 1 N–H and O–H groups in total. The first-order valence-electron chi connectivity index (χ1n) is 9.34. The summed E-state index contributed by atoms with van der Waals surface area (Å²) in [4.78, 5) is 37.7. The van der Waals surface area contributed by atoms with Gasteiger partial charge in [0.25, 0.3) is 0 Å². The monoisotopic (exact) mass is 374 g/mol. The Balaban J connectivity index is 1.63. The smallest absolute Gasteiger partial charge is 0.414 e. The number of nitrogens with one attached hydrogen (secondary N) is 1. The van der Waals surface area contributed by atoms with Gasteiger partial charge in [-0.3, -0.25) is 9.69 Å². The number of ketones is 1. The number of hydrogen-bond acceptors (Lipinski definition) is 5. The first-order valence-corrected chi connectivity index (χ1v) is 9.34. The van der Waals surface area contributed by atoms with E-state index in [1.165, 1.54) is 4.90 Å². The molecule has 1 aliphatic heterocycles. The van der Waals surface area contributed by atoms with Crippen LogP contribution in [0.1, 0.15) is 56.0 Å². The Morgan fingerprint density at radius 3 is 2.74 bits per heavy atom. The van der Waals surface area contributed by atoms with Gasteiger partial charge in [-0.25, -0.2) is 9.59 Å². The molecule has 0 radical (unpaired) electrons. The molecule has 7 heteroatoms. The zero-order chi connectivity index (χ0) is 19.6. The number of alkyl carbamates (subject to hydrolysis) is 1. The molecular weight excluding hydrogens is 348 g/mol. The summed E-state index contributed by atoms with van der Waals surface area (Å²) in [5.74, 6) is 0.164. The van der Waals surface area contributed by atoms with Gasteiger partial charge in [0.2, 0.25) is 0 Å². The second kappa shape index (κ2) is 7.58. The van der Waals surface area contributed by atoms with Crippen LogP contribution in [-0.4, -0.2) is 42.8 Å². The number of cyclic esters (lactones) is 1. The van der Waals surface area contributed by atoms with E-state index in [1.54, 1.807) is 32.9 Å². The number of carbonyl (C=O) groups is 3. The van der Waals surface area contributed by atoms with Gasteiger partial charge in [0.15, 0.2) is 5.78 Å². The maximum Gasteiger partial charge on any atom is 0.414 e. The van der Waals surface area contributed by atoms with E-state index >= 15 is 0 Å². The third-order valence-corrected chi connectivity index (χ3v) is 4.55. The van der Waals surface area contributed by atoms with E-state index in [9.17, 15) is 14.4 Å². The zero-order valence-electron chi connectivity index (χ0n) is 16.0. The fraction of sp³-hybridized carbons (Fsp3) is 0.550. The van der Waals surface area contributed by atoms with Crippen LogP contribution >= 0.6 is 0 Å². The Kier molecular flexibility index (Phi) is 5.39. The van der Waals surface area contributed by atoms with Crippen LogP contribution in [0, 0.1) is 0 Å². The van der Waals surface area contributed by atoms with Crippen molar-refractivity contribution >= 4 is 23.7 Å². The number of amides is 2. The topological polar surface area (TPSA) is 84.9 Å². The van der Waals surface area contributed by atoms with Gasteiger partial charge in [0, 0.05) is 17.7 Å². The molecule has 0 aromatic heterocycles. The molecular formula is C20H26N2O5. The van der Waals surface area contributed by atoms with E-state index in [-0.39, 0.29) is 12.3 Å². The molecule has 3 rings (SSSR count). The summed E-state index contributed by atoms with van der Waals surface area (Å²) in [6, 6.07) is 5.49. The van der Waals surface area contributed by atoms with Crippen molar-refractivity contribution in [3.8, 4) is 0 Å². The second-order valence-electron chi connectivity index (χ2n) is 7.97. The van der Waals surface area contributed by atoms with Crippen molar-refractivity contribution in [2.45, 2.75) is 58.2 Å². The number of fused-ring (bicyclic) bond motifs is 1. The van der Waals surface area contributed by atoms with E-state index in [0.29, 0.717) is 18.7 Å². The third-order valence-electron chi connectivity index (χ3n) is 4.55. The Morgan fingerprint density at radius 1 is 1.26 bits per heavy atom. The Hall–Kier alpha value is -2.57. The summed E-state index contributed by atoms with van der Waals surface area (Å²) in [5.41, 5.74) is 1.88. The number of ether oxygens (including phenoxy) is 2. The molecule has 0 unspecified atom stereocenters. The van der Waals surface area contributed by atoms with Crippen LogP contribution in [0.2, 0.25) is 0 Å². The predicted molar refractivity (Wildman–Crippen MR) is 100 cm³/mol. The van der Waals surface area contributed by atoms with Crippen LogP contribution in [-0.2, 0) is 15.9 Å². The van der Waals surface area contributed by atoms with Gasteiger partial charge in [0.05, 0.1) is 13.1 Å². The molecule has 1 aromatic rings. The Morgan fingerprint density at radius 2 is 2.00 bits per heavy atom.